The zero-order valence-electron chi connectivity index (χ0n) is 11.5. The van der Waals surface area contributed by atoms with Crippen molar-refractivity contribution in [3.63, 3.8) is 0 Å². The van der Waals surface area contributed by atoms with Crippen LogP contribution in [-0.4, -0.2) is 23.9 Å². The number of Topliss-reactive ketones (excluding diaryl/α,β-unsaturated/α-hetero) is 1. The maximum Gasteiger partial charge on any atom is 0.255 e. The highest BCUT2D eigenvalue weighted by molar-refractivity contribution is 6.11. The van der Waals surface area contributed by atoms with Crippen molar-refractivity contribution in [1.29, 1.82) is 0 Å². The van der Waals surface area contributed by atoms with E-state index in [1.54, 1.807) is 0 Å². The molecule has 1 amide bonds. The van der Waals surface area contributed by atoms with E-state index >= 15 is 0 Å². The monoisotopic (exact) mass is 273 g/mol. The number of nitrogens with zero attached hydrogens (tertiary/aromatic N) is 1. The van der Waals surface area contributed by atoms with Crippen LogP contribution in [0.3, 0.4) is 0 Å². The molecule has 0 spiro atoms. The summed E-state index contributed by atoms with van der Waals surface area (Å²) in [7, 11) is 0. The number of hydrogen-bond acceptors (Lipinski definition) is 4. The largest absolute Gasteiger partial charge is 0.299 e. The molecule has 3 atom stereocenters. The second-order valence-corrected chi connectivity index (χ2v) is 5.42. The van der Waals surface area contributed by atoms with Crippen LogP contribution in [0.5, 0.6) is 0 Å². The second kappa shape index (κ2) is 5.34. The Kier molecular flexibility index (Phi) is 3.54. The molecule has 0 saturated carbocycles. The number of nitrogens with one attached hydrogen (secondary N) is 2. The van der Waals surface area contributed by atoms with Gasteiger partial charge in [0, 0.05) is 12.5 Å². The van der Waals surface area contributed by atoms with Gasteiger partial charge in [0.15, 0.2) is 0 Å². The molecule has 2 aliphatic rings. The molecule has 2 saturated heterocycles. The minimum Gasteiger partial charge on any atom is -0.299 e. The molecule has 2 fully saturated rings. The smallest absolute Gasteiger partial charge is 0.255 e. The number of fused-ring (bicyclic) bond motifs is 1. The number of amides is 1. The number of anilines is 1. The fraction of sp³-hybridized carbons (Fsp3) is 0.467. The minimum absolute atomic E-state index is 0.0446. The molecular weight excluding hydrogens is 254 g/mol. The van der Waals surface area contributed by atoms with E-state index in [1.807, 2.05) is 30.3 Å². The zero-order valence-corrected chi connectivity index (χ0v) is 11.5. The lowest BCUT2D eigenvalue weighted by atomic mass is 9.89. The van der Waals surface area contributed by atoms with E-state index in [0.717, 1.165) is 18.5 Å². The van der Waals surface area contributed by atoms with Crippen molar-refractivity contribution in [2.45, 2.75) is 38.4 Å². The van der Waals surface area contributed by atoms with E-state index in [2.05, 4.69) is 17.7 Å². The minimum atomic E-state index is -0.594. The van der Waals surface area contributed by atoms with Crippen LogP contribution >= 0.6 is 0 Å². The summed E-state index contributed by atoms with van der Waals surface area (Å²) in [5.41, 5.74) is 3.90. The van der Waals surface area contributed by atoms with Gasteiger partial charge >= 0.3 is 0 Å². The van der Waals surface area contributed by atoms with Crippen molar-refractivity contribution >= 4 is 17.4 Å². The third-order valence-electron chi connectivity index (χ3n) is 3.95. The fourth-order valence-electron chi connectivity index (χ4n) is 3.01. The number of benzene rings is 1. The summed E-state index contributed by atoms with van der Waals surface area (Å²) >= 11 is 0. The van der Waals surface area contributed by atoms with E-state index in [1.165, 1.54) is 5.01 Å². The third kappa shape index (κ3) is 2.23. The van der Waals surface area contributed by atoms with Crippen LogP contribution in [0.2, 0.25) is 0 Å². The third-order valence-corrected chi connectivity index (χ3v) is 3.95. The maximum absolute atomic E-state index is 12.4. The van der Waals surface area contributed by atoms with Gasteiger partial charge in [-0.15, -0.1) is 0 Å². The number of carbonyl (C=O) groups is 2. The molecule has 2 aliphatic heterocycles. The van der Waals surface area contributed by atoms with Crippen molar-refractivity contribution in [1.82, 2.24) is 10.7 Å². The second-order valence-electron chi connectivity index (χ2n) is 5.42. The summed E-state index contributed by atoms with van der Waals surface area (Å²) in [6, 6.07) is 9.54. The molecule has 1 aromatic carbocycles. The molecule has 106 valence electrons. The van der Waals surface area contributed by atoms with Crippen LogP contribution in [0.15, 0.2) is 30.3 Å². The van der Waals surface area contributed by atoms with Gasteiger partial charge in [-0.3, -0.25) is 14.9 Å². The van der Waals surface area contributed by atoms with Crippen molar-refractivity contribution in [2.75, 3.05) is 5.01 Å². The Labute approximate surface area is 118 Å². The predicted molar refractivity (Wildman–Crippen MR) is 75.8 cm³/mol. The van der Waals surface area contributed by atoms with Gasteiger partial charge in [-0.2, -0.15) is 0 Å². The van der Waals surface area contributed by atoms with Crippen molar-refractivity contribution in [3.05, 3.63) is 30.3 Å². The normalized spacial score (nSPS) is 29.6. The molecule has 3 rings (SSSR count). The van der Waals surface area contributed by atoms with E-state index in [-0.39, 0.29) is 23.9 Å². The van der Waals surface area contributed by atoms with Gasteiger partial charge in [0.1, 0.15) is 11.7 Å². The van der Waals surface area contributed by atoms with Gasteiger partial charge in [0.2, 0.25) is 0 Å². The number of piperidine rings is 1. The quantitative estimate of drug-likeness (QED) is 0.813. The summed E-state index contributed by atoms with van der Waals surface area (Å²) in [5.74, 6) is -0.708. The lowest BCUT2D eigenvalue weighted by Crippen LogP contribution is -2.55. The maximum atomic E-state index is 12.4. The molecular formula is C15H19N3O2. The topological polar surface area (TPSA) is 61.4 Å². The summed E-state index contributed by atoms with van der Waals surface area (Å²) < 4.78 is 0. The van der Waals surface area contributed by atoms with Crippen molar-refractivity contribution in [2.24, 2.45) is 5.92 Å². The number of carbonyl (C=O) groups excluding carboxylic acids is 2. The molecule has 3 unspecified atom stereocenters. The Bertz CT molecular complexity index is 517. The van der Waals surface area contributed by atoms with E-state index in [0.29, 0.717) is 6.42 Å². The lowest BCUT2D eigenvalue weighted by molar-refractivity contribution is -0.133. The number of rotatable bonds is 3. The molecule has 5 nitrogen and oxygen atoms in total. The first-order valence-electron chi connectivity index (χ1n) is 7.14. The molecule has 0 radical (unpaired) electrons. The van der Waals surface area contributed by atoms with Crippen LogP contribution in [-0.2, 0) is 9.59 Å². The first-order valence-corrected chi connectivity index (χ1v) is 7.14. The van der Waals surface area contributed by atoms with Crippen molar-refractivity contribution in [3.8, 4) is 0 Å². The summed E-state index contributed by atoms with van der Waals surface area (Å²) in [6.45, 7) is 2.10. The number of hydrogen-bond donors (Lipinski definition) is 2. The Morgan fingerprint density at radius 3 is 2.70 bits per heavy atom. The van der Waals surface area contributed by atoms with Crippen LogP contribution < -0.4 is 15.8 Å². The molecule has 2 N–H and O–H groups in total. The average molecular weight is 273 g/mol. The summed E-state index contributed by atoms with van der Waals surface area (Å²) in [5, 5.41) is 4.88. The fourth-order valence-corrected chi connectivity index (χ4v) is 3.01. The lowest BCUT2D eigenvalue weighted by Gasteiger charge is -2.30. The van der Waals surface area contributed by atoms with Crippen molar-refractivity contribution < 1.29 is 9.59 Å². The Morgan fingerprint density at radius 2 is 2.00 bits per heavy atom. The first-order chi connectivity index (χ1) is 9.70. The highest BCUT2D eigenvalue weighted by Crippen LogP contribution is 2.27. The van der Waals surface area contributed by atoms with Gasteiger partial charge in [-0.05, 0) is 18.6 Å². The Morgan fingerprint density at radius 1 is 1.25 bits per heavy atom. The Balaban J connectivity index is 1.81. The molecule has 5 heteroatoms. The molecule has 0 bridgehead atoms. The van der Waals surface area contributed by atoms with Crippen LogP contribution in [0.25, 0.3) is 0 Å². The number of hydrazine groups is 1. The molecule has 1 aromatic rings. The van der Waals surface area contributed by atoms with Gasteiger partial charge in [-0.25, -0.2) is 10.4 Å². The van der Waals surface area contributed by atoms with E-state index in [4.69, 9.17) is 0 Å². The molecule has 0 aliphatic carbocycles. The summed E-state index contributed by atoms with van der Waals surface area (Å²) in [6.07, 6.45) is 2.15. The Hall–Kier alpha value is -1.72. The molecule has 0 aromatic heterocycles. The predicted octanol–water partition coefficient (Wildman–Crippen LogP) is 1.21. The van der Waals surface area contributed by atoms with E-state index < -0.39 is 5.92 Å². The SMILES string of the molecule is CCCC1CC(=O)C2C(=O)N(c3ccccc3)NC2N1. The number of ketones is 1. The van der Waals surface area contributed by atoms with Gasteiger partial charge in [0.05, 0.1) is 11.9 Å². The summed E-state index contributed by atoms with van der Waals surface area (Å²) in [4.78, 5) is 24.6. The van der Waals surface area contributed by atoms with Crippen LogP contribution in [0.4, 0.5) is 5.69 Å². The zero-order chi connectivity index (χ0) is 14.1. The standard InChI is InChI=1S/C15H19N3O2/c1-2-6-10-9-12(19)13-14(16-10)17-18(15(13)20)11-7-4-3-5-8-11/h3-5,7-8,10,13-14,16-17H,2,6,9H2,1H3. The average Bonchev–Trinajstić information content (AvgIpc) is 2.78. The highest BCUT2D eigenvalue weighted by atomic mass is 16.2. The molecule has 2 heterocycles. The number of para-hydroxylation sites is 1. The highest BCUT2D eigenvalue weighted by Gasteiger charge is 2.48. The van der Waals surface area contributed by atoms with Crippen LogP contribution in [0, 0.1) is 5.92 Å². The first kappa shape index (κ1) is 13.3. The van der Waals surface area contributed by atoms with Crippen LogP contribution in [0.1, 0.15) is 26.2 Å². The van der Waals surface area contributed by atoms with Gasteiger partial charge < -0.3 is 0 Å². The van der Waals surface area contributed by atoms with Gasteiger partial charge in [-0.1, -0.05) is 31.5 Å². The van der Waals surface area contributed by atoms with E-state index in [9.17, 15) is 9.59 Å². The van der Waals surface area contributed by atoms with Gasteiger partial charge in [0.25, 0.3) is 5.91 Å². The molecule has 20 heavy (non-hydrogen) atoms.